The predicted octanol–water partition coefficient (Wildman–Crippen LogP) is 2.19. The van der Waals surface area contributed by atoms with Gasteiger partial charge in [-0.1, -0.05) is 25.0 Å². The Morgan fingerprint density at radius 3 is 2.32 bits per heavy atom. The number of amides is 1. The molecule has 5 heteroatoms. The molecule has 1 aromatic rings. The van der Waals surface area contributed by atoms with Gasteiger partial charge in [-0.2, -0.15) is 0 Å². The molecule has 1 N–H and O–H groups in total. The first kappa shape index (κ1) is 16.3. The Kier molecular flexibility index (Phi) is 5.41. The number of ether oxygens (including phenoxy) is 2. The Labute approximate surface area is 131 Å². The van der Waals surface area contributed by atoms with Crippen LogP contribution in [0.15, 0.2) is 24.3 Å². The smallest absolute Gasteiger partial charge is 0.307 e. The van der Waals surface area contributed by atoms with Gasteiger partial charge in [0.15, 0.2) is 0 Å². The molecule has 1 aliphatic carbocycles. The van der Waals surface area contributed by atoms with Gasteiger partial charge in [-0.25, -0.2) is 0 Å². The van der Waals surface area contributed by atoms with Crippen molar-refractivity contribution in [2.75, 3.05) is 20.8 Å². The van der Waals surface area contributed by atoms with E-state index in [0.717, 1.165) is 37.0 Å². The van der Waals surface area contributed by atoms with Gasteiger partial charge in [0.25, 0.3) is 0 Å². The first-order valence-electron chi connectivity index (χ1n) is 7.62. The molecule has 0 bridgehead atoms. The number of hydrogen-bond donors (Lipinski definition) is 1. The van der Waals surface area contributed by atoms with Crippen LogP contribution in [0.3, 0.4) is 0 Å². The number of methoxy groups -OCH3 is 2. The molecule has 0 spiro atoms. The summed E-state index contributed by atoms with van der Waals surface area (Å²) in [5.41, 5.74) is 0.531. The van der Waals surface area contributed by atoms with Crippen LogP contribution in [0.25, 0.3) is 0 Å². The van der Waals surface area contributed by atoms with Crippen molar-refractivity contribution >= 4 is 11.9 Å². The van der Waals surface area contributed by atoms with E-state index in [0.29, 0.717) is 6.54 Å². The second kappa shape index (κ2) is 7.29. The van der Waals surface area contributed by atoms with Gasteiger partial charge in [-0.3, -0.25) is 9.59 Å². The molecule has 120 valence electrons. The van der Waals surface area contributed by atoms with Crippen LogP contribution in [0.1, 0.15) is 37.7 Å². The van der Waals surface area contributed by atoms with Crippen LogP contribution in [-0.2, 0) is 19.7 Å². The lowest BCUT2D eigenvalue weighted by Crippen LogP contribution is -2.43. The summed E-state index contributed by atoms with van der Waals surface area (Å²) in [6.45, 7) is 0.309. The van der Waals surface area contributed by atoms with Gasteiger partial charge >= 0.3 is 5.97 Å². The first-order chi connectivity index (χ1) is 10.6. The third-order valence-corrected chi connectivity index (χ3v) is 4.38. The van der Waals surface area contributed by atoms with E-state index < -0.39 is 5.41 Å². The Morgan fingerprint density at radius 2 is 1.77 bits per heavy atom. The second-order valence-electron chi connectivity index (χ2n) is 5.60. The van der Waals surface area contributed by atoms with E-state index in [1.165, 1.54) is 7.11 Å². The molecule has 0 aromatic heterocycles. The van der Waals surface area contributed by atoms with Gasteiger partial charge in [0.2, 0.25) is 5.91 Å². The van der Waals surface area contributed by atoms with Gasteiger partial charge < -0.3 is 14.8 Å². The Bertz CT molecular complexity index is 518. The molecule has 5 nitrogen and oxygen atoms in total. The quantitative estimate of drug-likeness (QED) is 0.818. The summed E-state index contributed by atoms with van der Waals surface area (Å²) in [6, 6.07) is 7.70. The van der Waals surface area contributed by atoms with Crippen LogP contribution in [0.5, 0.6) is 5.75 Å². The molecule has 0 saturated heterocycles. The number of rotatable bonds is 6. The normalized spacial score (nSPS) is 16.1. The SMILES string of the molecule is COC(=O)CCNC(=O)C1(c2ccc(OC)cc2)CCCC1. The van der Waals surface area contributed by atoms with Crippen LogP contribution < -0.4 is 10.1 Å². The monoisotopic (exact) mass is 305 g/mol. The van der Waals surface area contributed by atoms with Crippen molar-refractivity contribution in [1.82, 2.24) is 5.32 Å². The lowest BCUT2D eigenvalue weighted by Gasteiger charge is -2.28. The minimum atomic E-state index is -0.484. The van der Waals surface area contributed by atoms with Crippen LogP contribution in [0.2, 0.25) is 0 Å². The number of nitrogens with one attached hydrogen (secondary N) is 1. The summed E-state index contributed by atoms with van der Waals surface area (Å²) in [5, 5.41) is 2.89. The molecule has 0 heterocycles. The molecule has 1 saturated carbocycles. The Balaban J connectivity index is 2.10. The van der Waals surface area contributed by atoms with E-state index in [9.17, 15) is 9.59 Å². The lowest BCUT2D eigenvalue weighted by atomic mass is 9.78. The zero-order chi connectivity index (χ0) is 16.0. The number of hydrogen-bond acceptors (Lipinski definition) is 4. The number of carbonyl (C=O) groups excluding carboxylic acids is 2. The predicted molar refractivity (Wildman–Crippen MR) is 82.8 cm³/mol. The molecule has 1 aliphatic rings. The summed E-state index contributed by atoms with van der Waals surface area (Å²) in [6.07, 6.45) is 3.95. The van der Waals surface area contributed by atoms with Crippen LogP contribution in [0, 0.1) is 0 Å². The lowest BCUT2D eigenvalue weighted by molar-refractivity contribution is -0.140. The summed E-state index contributed by atoms with van der Waals surface area (Å²) in [4.78, 5) is 23.8. The van der Waals surface area contributed by atoms with Crippen molar-refractivity contribution in [1.29, 1.82) is 0 Å². The van der Waals surface area contributed by atoms with Crippen LogP contribution in [-0.4, -0.2) is 32.6 Å². The maximum Gasteiger partial charge on any atom is 0.307 e. The first-order valence-corrected chi connectivity index (χ1v) is 7.62. The molecule has 0 atom stereocenters. The maximum atomic E-state index is 12.7. The number of benzene rings is 1. The maximum absolute atomic E-state index is 12.7. The highest BCUT2D eigenvalue weighted by atomic mass is 16.5. The van der Waals surface area contributed by atoms with Crippen molar-refractivity contribution in [3.05, 3.63) is 29.8 Å². The summed E-state index contributed by atoms with van der Waals surface area (Å²) < 4.78 is 9.77. The molecule has 1 amide bonds. The zero-order valence-electron chi connectivity index (χ0n) is 13.2. The molecule has 0 radical (unpaired) electrons. The second-order valence-corrected chi connectivity index (χ2v) is 5.60. The largest absolute Gasteiger partial charge is 0.497 e. The fourth-order valence-corrected chi connectivity index (χ4v) is 3.08. The minimum absolute atomic E-state index is 0.000861. The van der Waals surface area contributed by atoms with Crippen molar-refractivity contribution < 1.29 is 19.1 Å². The Hall–Kier alpha value is -2.04. The minimum Gasteiger partial charge on any atom is -0.497 e. The van der Waals surface area contributed by atoms with Crippen LogP contribution >= 0.6 is 0 Å². The fraction of sp³-hybridized carbons (Fsp3) is 0.529. The standard InChI is InChI=1S/C17H23NO4/c1-21-14-7-5-13(6-8-14)17(10-3-4-11-17)16(20)18-12-9-15(19)22-2/h5-8H,3-4,9-12H2,1-2H3,(H,18,20). The van der Waals surface area contributed by atoms with Crippen LogP contribution in [0.4, 0.5) is 0 Å². The van der Waals surface area contributed by atoms with Gasteiger partial charge in [0, 0.05) is 6.54 Å². The van der Waals surface area contributed by atoms with Gasteiger partial charge in [-0.15, -0.1) is 0 Å². The van der Waals surface area contributed by atoms with Crippen molar-refractivity contribution in [2.45, 2.75) is 37.5 Å². The molecular formula is C17H23NO4. The number of carbonyl (C=O) groups is 2. The van der Waals surface area contributed by atoms with Crippen molar-refractivity contribution in [3.8, 4) is 5.75 Å². The Morgan fingerprint density at radius 1 is 1.14 bits per heavy atom. The van der Waals surface area contributed by atoms with E-state index >= 15 is 0 Å². The number of esters is 1. The van der Waals surface area contributed by atoms with E-state index in [2.05, 4.69) is 10.1 Å². The highest BCUT2D eigenvalue weighted by Crippen LogP contribution is 2.41. The van der Waals surface area contributed by atoms with Crippen molar-refractivity contribution in [3.63, 3.8) is 0 Å². The molecule has 0 aliphatic heterocycles. The zero-order valence-corrected chi connectivity index (χ0v) is 13.2. The molecule has 0 unspecified atom stereocenters. The molecule has 2 rings (SSSR count). The molecule has 22 heavy (non-hydrogen) atoms. The topological polar surface area (TPSA) is 64.6 Å². The average Bonchev–Trinajstić information content (AvgIpc) is 3.05. The van der Waals surface area contributed by atoms with E-state index in [1.54, 1.807) is 7.11 Å². The van der Waals surface area contributed by atoms with Crippen molar-refractivity contribution in [2.24, 2.45) is 0 Å². The average molecular weight is 305 g/mol. The van der Waals surface area contributed by atoms with Gasteiger partial charge in [-0.05, 0) is 30.5 Å². The van der Waals surface area contributed by atoms with E-state index in [1.807, 2.05) is 24.3 Å². The third kappa shape index (κ3) is 3.40. The fourth-order valence-electron chi connectivity index (χ4n) is 3.08. The summed E-state index contributed by atoms with van der Waals surface area (Å²) in [7, 11) is 2.97. The third-order valence-electron chi connectivity index (χ3n) is 4.38. The summed E-state index contributed by atoms with van der Waals surface area (Å²) in [5.74, 6) is 0.465. The summed E-state index contributed by atoms with van der Waals surface area (Å²) >= 11 is 0. The highest BCUT2D eigenvalue weighted by Gasteiger charge is 2.42. The van der Waals surface area contributed by atoms with Gasteiger partial charge in [0.1, 0.15) is 5.75 Å². The molecule has 1 aromatic carbocycles. The van der Waals surface area contributed by atoms with Gasteiger partial charge in [0.05, 0.1) is 26.1 Å². The molecule has 1 fully saturated rings. The van der Waals surface area contributed by atoms with E-state index in [-0.39, 0.29) is 18.3 Å². The van der Waals surface area contributed by atoms with E-state index in [4.69, 9.17) is 4.74 Å². The highest BCUT2D eigenvalue weighted by molar-refractivity contribution is 5.89. The molecular weight excluding hydrogens is 282 g/mol.